The van der Waals surface area contributed by atoms with E-state index >= 15 is 0 Å². The second kappa shape index (κ2) is 8.05. The molecule has 0 radical (unpaired) electrons. The molecule has 0 heteroatoms. The lowest BCUT2D eigenvalue weighted by Gasteiger charge is -2.23. The molecule has 0 heterocycles. The van der Waals surface area contributed by atoms with Crippen LogP contribution in [0.3, 0.4) is 0 Å². The molecular formula is C41H28. The summed E-state index contributed by atoms with van der Waals surface area (Å²) in [6.45, 7) is 4.79. The van der Waals surface area contributed by atoms with Gasteiger partial charge in [0.1, 0.15) is 0 Å². The van der Waals surface area contributed by atoms with Crippen LogP contribution in [-0.2, 0) is 5.41 Å². The van der Waals surface area contributed by atoms with Crippen LogP contribution in [0.5, 0.6) is 0 Å². The molecule has 0 fully saturated rings. The van der Waals surface area contributed by atoms with Gasteiger partial charge in [-0.25, -0.2) is 0 Å². The third-order valence-electron chi connectivity index (χ3n) is 9.52. The summed E-state index contributed by atoms with van der Waals surface area (Å²) < 4.78 is 0. The molecule has 1 aliphatic carbocycles. The number of fused-ring (bicyclic) bond motifs is 4. The second-order valence-electron chi connectivity index (χ2n) is 12.2. The molecule has 0 bridgehead atoms. The highest BCUT2D eigenvalue weighted by molar-refractivity contribution is 6.23. The third-order valence-corrected chi connectivity index (χ3v) is 9.52. The molecule has 41 heavy (non-hydrogen) atoms. The maximum Gasteiger partial charge on any atom is 0.0159 e. The van der Waals surface area contributed by atoms with E-state index < -0.39 is 0 Å². The monoisotopic (exact) mass is 520 g/mol. The van der Waals surface area contributed by atoms with Gasteiger partial charge in [-0.2, -0.15) is 0 Å². The molecule has 0 saturated carbocycles. The molecule has 0 spiro atoms. The van der Waals surface area contributed by atoms with Gasteiger partial charge in [0.05, 0.1) is 0 Å². The summed E-state index contributed by atoms with van der Waals surface area (Å²) in [5, 5.41) is 10.6. The van der Waals surface area contributed by atoms with Crippen LogP contribution in [0.25, 0.3) is 76.5 Å². The summed E-state index contributed by atoms with van der Waals surface area (Å²) in [4.78, 5) is 0. The van der Waals surface area contributed by atoms with E-state index in [1.165, 1.54) is 87.6 Å². The molecule has 8 aromatic carbocycles. The number of benzene rings is 8. The molecular weight excluding hydrogens is 492 g/mol. The summed E-state index contributed by atoms with van der Waals surface area (Å²) in [5.74, 6) is 0. The maximum absolute atomic E-state index is 2.47. The van der Waals surface area contributed by atoms with Gasteiger partial charge in [0.25, 0.3) is 0 Å². The Labute approximate surface area is 239 Å². The molecule has 0 aromatic heterocycles. The van der Waals surface area contributed by atoms with Crippen LogP contribution in [0.2, 0.25) is 0 Å². The first-order chi connectivity index (χ1) is 20.1. The minimum atomic E-state index is -0.107. The van der Waals surface area contributed by atoms with Crippen molar-refractivity contribution >= 4 is 43.1 Å². The zero-order valence-corrected chi connectivity index (χ0v) is 23.2. The van der Waals surface area contributed by atoms with Crippen molar-refractivity contribution in [3.63, 3.8) is 0 Å². The van der Waals surface area contributed by atoms with Crippen LogP contribution >= 0.6 is 0 Å². The van der Waals surface area contributed by atoms with Crippen LogP contribution in [0.4, 0.5) is 0 Å². The van der Waals surface area contributed by atoms with Gasteiger partial charge in [-0.1, -0.05) is 111 Å². The van der Waals surface area contributed by atoms with Crippen molar-refractivity contribution in [2.75, 3.05) is 0 Å². The van der Waals surface area contributed by atoms with Crippen molar-refractivity contribution in [3.05, 3.63) is 145 Å². The lowest BCUT2D eigenvalue weighted by Crippen LogP contribution is -2.15. The molecule has 0 N–H and O–H groups in total. The molecule has 0 amide bonds. The normalized spacial score (nSPS) is 13.8. The van der Waals surface area contributed by atoms with Gasteiger partial charge in [0.15, 0.2) is 0 Å². The van der Waals surface area contributed by atoms with E-state index in [0.29, 0.717) is 0 Å². The molecule has 0 atom stereocenters. The summed E-state index contributed by atoms with van der Waals surface area (Å²) in [7, 11) is 0. The van der Waals surface area contributed by atoms with Gasteiger partial charge in [0.2, 0.25) is 0 Å². The molecule has 9 rings (SSSR count). The zero-order chi connectivity index (χ0) is 27.3. The van der Waals surface area contributed by atoms with Gasteiger partial charge in [-0.15, -0.1) is 0 Å². The highest BCUT2D eigenvalue weighted by atomic mass is 14.4. The van der Waals surface area contributed by atoms with Gasteiger partial charge >= 0.3 is 0 Å². The van der Waals surface area contributed by atoms with Crippen LogP contribution < -0.4 is 0 Å². The van der Waals surface area contributed by atoms with Gasteiger partial charge in [0, 0.05) is 5.41 Å². The van der Waals surface area contributed by atoms with E-state index in [9.17, 15) is 0 Å². The quantitative estimate of drug-likeness (QED) is 0.199. The largest absolute Gasteiger partial charge is 0.0622 e. The van der Waals surface area contributed by atoms with Crippen LogP contribution in [0, 0.1) is 0 Å². The number of hydrogen-bond donors (Lipinski definition) is 0. The Morgan fingerprint density at radius 2 is 0.927 bits per heavy atom. The van der Waals surface area contributed by atoms with Crippen molar-refractivity contribution in [2.45, 2.75) is 19.3 Å². The van der Waals surface area contributed by atoms with E-state index in [1.807, 2.05) is 0 Å². The predicted octanol–water partition coefficient (Wildman–Crippen LogP) is 11.4. The number of hydrogen-bond acceptors (Lipinski definition) is 0. The van der Waals surface area contributed by atoms with Crippen LogP contribution in [0.1, 0.15) is 25.0 Å². The first-order valence-electron chi connectivity index (χ1n) is 14.5. The molecule has 0 unspecified atom stereocenters. The Bertz CT molecular complexity index is 2250. The highest BCUT2D eigenvalue weighted by Crippen LogP contribution is 2.54. The zero-order valence-electron chi connectivity index (χ0n) is 23.2. The summed E-state index contributed by atoms with van der Waals surface area (Å²) in [6, 6.07) is 50.0. The third kappa shape index (κ3) is 3.16. The minimum Gasteiger partial charge on any atom is -0.0622 e. The first kappa shape index (κ1) is 22.8. The SMILES string of the molecule is CC1(C)c2cc3ccccc3cc2-c2c(-c3ccccc3)cc(-c3cc4ccc5cccc6ccc(c3)c4c56)cc21. The Morgan fingerprint density at radius 3 is 1.63 bits per heavy atom. The van der Waals surface area contributed by atoms with Gasteiger partial charge in [-0.3, -0.25) is 0 Å². The molecule has 8 aromatic rings. The summed E-state index contributed by atoms with van der Waals surface area (Å²) in [6.07, 6.45) is 0. The van der Waals surface area contributed by atoms with Crippen molar-refractivity contribution in [1.29, 1.82) is 0 Å². The van der Waals surface area contributed by atoms with E-state index in [0.717, 1.165) is 0 Å². The lowest BCUT2D eigenvalue weighted by molar-refractivity contribution is 0.661. The Hall–Kier alpha value is -4.94. The van der Waals surface area contributed by atoms with Crippen LogP contribution in [-0.4, -0.2) is 0 Å². The fourth-order valence-electron chi connectivity index (χ4n) is 7.47. The first-order valence-corrected chi connectivity index (χ1v) is 14.5. The second-order valence-corrected chi connectivity index (χ2v) is 12.2. The molecule has 1 aliphatic rings. The van der Waals surface area contributed by atoms with Crippen molar-refractivity contribution in [1.82, 2.24) is 0 Å². The molecule has 0 aliphatic heterocycles. The Balaban J connectivity index is 1.35. The van der Waals surface area contributed by atoms with E-state index in [2.05, 4.69) is 147 Å². The summed E-state index contributed by atoms with van der Waals surface area (Å²) >= 11 is 0. The lowest BCUT2D eigenvalue weighted by atomic mass is 9.80. The molecule has 0 nitrogen and oxygen atoms in total. The van der Waals surface area contributed by atoms with Gasteiger partial charge in [-0.05, 0) is 124 Å². The fraction of sp³-hybridized carbons (Fsp3) is 0.0732. The van der Waals surface area contributed by atoms with Crippen LogP contribution in [0.15, 0.2) is 133 Å². The van der Waals surface area contributed by atoms with Crippen molar-refractivity contribution < 1.29 is 0 Å². The smallest absolute Gasteiger partial charge is 0.0159 e. The van der Waals surface area contributed by atoms with E-state index in [1.54, 1.807) is 0 Å². The van der Waals surface area contributed by atoms with Gasteiger partial charge < -0.3 is 0 Å². The standard InChI is InChI=1S/C41H28/c1-41(2)36-23-29-12-7-6-11-28(29)21-35(36)40-34(25-9-4-3-5-10-25)22-33(24-37(40)41)32-19-30-17-15-26-13-8-14-27-16-18-31(20-32)39(30)38(26)27/h3-24H,1-2H3. The average Bonchev–Trinajstić information content (AvgIpc) is 3.24. The molecule has 192 valence electrons. The van der Waals surface area contributed by atoms with E-state index in [-0.39, 0.29) is 5.41 Å². The summed E-state index contributed by atoms with van der Waals surface area (Å²) in [5.41, 5.74) is 10.6. The topological polar surface area (TPSA) is 0 Å². The average molecular weight is 521 g/mol. The number of rotatable bonds is 2. The predicted molar refractivity (Wildman–Crippen MR) is 176 cm³/mol. The minimum absolute atomic E-state index is 0.107. The van der Waals surface area contributed by atoms with E-state index in [4.69, 9.17) is 0 Å². The fourth-order valence-corrected chi connectivity index (χ4v) is 7.47. The maximum atomic E-state index is 2.47. The molecule has 0 saturated heterocycles. The van der Waals surface area contributed by atoms with Crippen molar-refractivity contribution in [2.24, 2.45) is 0 Å². The highest BCUT2D eigenvalue weighted by Gasteiger charge is 2.38. The Kier molecular flexibility index (Phi) is 4.49. The van der Waals surface area contributed by atoms with Crippen molar-refractivity contribution in [3.8, 4) is 33.4 Å². The Morgan fingerprint density at radius 1 is 0.366 bits per heavy atom.